The zero-order chi connectivity index (χ0) is 16.4. The zero-order valence-corrected chi connectivity index (χ0v) is 14.4. The summed E-state index contributed by atoms with van der Waals surface area (Å²) < 4.78 is 10.8. The van der Waals surface area contributed by atoms with Gasteiger partial charge in [0.05, 0.1) is 5.56 Å². The molecule has 0 radical (unpaired) electrons. The molecule has 124 valence electrons. The fraction of sp³-hybridized carbons (Fsp3) is 0.562. The normalized spacial score (nSPS) is 17.2. The van der Waals surface area contributed by atoms with Crippen LogP contribution in [-0.2, 0) is 4.74 Å². The standard InChI is InChI=1S/C16H21N3O3S/c1-9-8-13(10(2)23-9)15(20)18-14(12-4-6-21-7-5-12)16-17-11(3)19-22-16/h8,12,14H,4-7H2,1-3H3,(H,18,20)/t14-/m1/s1. The average molecular weight is 335 g/mol. The lowest BCUT2D eigenvalue weighted by Crippen LogP contribution is -2.36. The molecule has 6 nitrogen and oxygen atoms in total. The Kier molecular flexibility index (Phi) is 4.77. The van der Waals surface area contributed by atoms with E-state index >= 15 is 0 Å². The predicted molar refractivity (Wildman–Crippen MR) is 86.6 cm³/mol. The number of rotatable bonds is 4. The topological polar surface area (TPSA) is 77.2 Å². The first-order chi connectivity index (χ1) is 11.0. The van der Waals surface area contributed by atoms with Crippen molar-refractivity contribution < 1.29 is 14.1 Å². The highest BCUT2D eigenvalue weighted by molar-refractivity contribution is 7.12. The van der Waals surface area contributed by atoms with Gasteiger partial charge in [0.1, 0.15) is 6.04 Å². The molecule has 0 aromatic carbocycles. The molecule has 7 heteroatoms. The van der Waals surface area contributed by atoms with E-state index < -0.39 is 0 Å². The highest BCUT2D eigenvalue weighted by atomic mass is 32.1. The van der Waals surface area contributed by atoms with Gasteiger partial charge in [0.15, 0.2) is 5.82 Å². The molecule has 0 unspecified atom stereocenters. The van der Waals surface area contributed by atoms with Crippen LogP contribution in [-0.4, -0.2) is 29.3 Å². The second-order valence-corrected chi connectivity index (χ2v) is 7.37. The third kappa shape index (κ3) is 3.61. The highest BCUT2D eigenvalue weighted by Crippen LogP contribution is 2.30. The number of aryl methyl sites for hydroxylation is 3. The molecule has 2 aromatic rings. The Morgan fingerprint density at radius 3 is 2.65 bits per heavy atom. The SMILES string of the molecule is Cc1noc([C@H](NC(=O)c2cc(C)sc2C)C2CCOCC2)n1. The lowest BCUT2D eigenvalue weighted by atomic mass is 9.91. The first-order valence-corrected chi connectivity index (χ1v) is 8.62. The van der Waals surface area contributed by atoms with Crippen molar-refractivity contribution in [3.8, 4) is 0 Å². The molecule has 23 heavy (non-hydrogen) atoms. The number of ether oxygens (including phenoxy) is 1. The van der Waals surface area contributed by atoms with Crippen LogP contribution in [0.25, 0.3) is 0 Å². The van der Waals surface area contributed by atoms with E-state index in [0.717, 1.165) is 28.2 Å². The average Bonchev–Trinajstić information content (AvgIpc) is 3.11. The lowest BCUT2D eigenvalue weighted by molar-refractivity contribution is 0.0467. The summed E-state index contributed by atoms with van der Waals surface area (Å²) in [4.78, 5) is 19.2. The quantitative estimate of drug-likeness (QED) is 0.929. The molecule has 2 aromatic heterocycles. The maximum absolute atomic E-state index is 12.7. The van der Waals surface area contributed by atoms with E-state index in [-0.39, 0.29) is 17.9 Å². The molecule has 0 aliphatic carbocycles. The van der Waals surface area contributed by atoms with Crippen molar-refractivity contribution in [2.75, 3.05) is 13.2 Å². The summed E-state index contributed by atoms with van der Waals surface area (Å²) in [5.74, 6) is 1.22. The van der Waals surface area contributed by atoms with Gasteiger partial charge in [-0.25, -0.2) is 0 Å². The van der Waals surface area contributed by atoms with Crippen molar-refractivity contribution in [2.24, 2.45) is 5.92 Å². The first kappa shape index (κ1) is 16.1. The van der Waals surface area contributed by atoms with Gasteiger partial charge in [0.2, 0.25) is 5.89 Å². The fourth-order valence-corrected chi connectivity index (χ4v) is 3.87. The van der Waals surface area contributed by atoms with Gasteiger partial charge in [-0.15, -0.1) is 11.3 Å². The molecule has 1 saturated heterocycles. The Bertz CT molecular complexity index is 689. The Balaban J connectivity index is 1.83. The van der Waals surface area contributed by atoms with Gasteiger partial charge in [-0.2, -0.15) is 4.98 Å². The molecule has 1 N–H and O–H groups in total. The predicted octanol–water partition coefficient (Wildman–Crippen LogP) is 2.95. The molecule has 3 heterocycles. The van der Waals surface area contributed by atoms with Crippen LogP contribution in [0.4, 0.5) is 0 Å². The minimum Gasteiger partial charge on any atom is -0.381 e. The molecule has 0 saturated carbocycles. The van der Waals surface area contributed by atoms with Crippen molar-refractivity contribution in [1.29, 1.82) is 0 Å². The van der Waals surface area contributed by atoms with Crippen molar-refractivity contribution in [2.45, 2.75) is 39.7 Å². The second kappa shape index (κ2) is 6.80. The van der Waals surface area contributed by atoms with E-state index in [1.54, 1.807) is 18.3 Å². The summed E-state index contributed by atoms with van der Waals surface area (Å²) in [5, 5.41) is 6.97. The largest absolute Gasteiger partial charge is 0.381 e. The molecule has 1 fully saturated rings. The third-order valence-electron chi connectivity index (χ3n) is 4.12. The molecule has 1 amide bonds. The van der Waals surface area contributed by atoms with E-state index in [1.807, 2.05) is 19.9 Å². The van der Waals surface area contributed by atoms with E-state index in [4.69, 9.17) is 9.26 Å². The summed E-state index contributed by atoms with van der Waals surface area (Å²) in [6.07, 6.45) is 1.74. The molecular weight excluding hydrogens is 314 g/mol. The van der Waals surface area contributed by atoms with Crippen LogP contribution in [0.2, 0.25) is 0 Å². The number of carbonyl (C=O) groups is 1. The lowest BCUT2D eigenvalue weighted by Gasteiger charge is -2.28. The smallest absolute Gasteiger partial charge is 0.253 e. The Hall–Kier alpha value is -1.73. The van der Waals surface area contributed by atoms with Gasteiger partial charge >= 0.3 is 0 Å². The maximum atomic E-state index is 12.7. The first-order valence-electron chi connectivity index (χ1n) is 7.80. The number of nitrogens with zero attached hydrogens (tertiary/aromatic N) is 2. The Morgan fingerprint density at radius 2 is 2.09 bits per heavy atom. The Labute approximate surface area is 139 Å². The number of hydrogen-bond donors (Lipinski definition) is 1. The van der Waals surface area contributed by atoms with Crippen LogP contribution in [0.5, 0.6) is 0 Å². The zero-order valence-electron chi connectivity index (χ0n) is 13.6. The third-order valence-corrected chi connectivity index (χ3v) is 5.08. The fourth-order valence-electron chi connectivity index (χ4n) is 2.95. The Morgan fingerprint density at radius 1 is 1.35 bits per heavy atom. The van der Waals surface area contributed by atoms with Crippen LogP contribution >= 0.6 is 11.3 Å². The summed E-state index contributed by atoms with van der Waals surface area (Å²) in [6.45, 7) is 7.14. The minimum atomic E-state index is -0.271. The van der Waals surface area contributed by atoms with Crippen molar-refractivity contribution in [1.82, 2.24) is 15.5 Å². The van der Waals surface area contributed by atoms with Crippen LogP contribution in [0, 0.1) is 26.7 Å². The molecule has 1 atom stereocenters. The van der Waals surface area contributed by atoms with Crippen molar-refractivity contribution >= 4 is 17.2 Å². The van der Waals surface area contributed by atoms with Gasteiger partial charge in [0.25, 0.3) is 5.91 Å². The highest BCUT2D eigenvalue weighted by Gasteiger charge is 2.31. The number of nitrogens with one attached hydrogen (secondary N) is 1. The number of thiophene rings is 1. The van der Waals surface area contributed by atoms with E-state index in [9.17, 15) is 4.79 Å². The van der Waals surface area contributed by atoms with Crippen LogP contribution in [0.3, 0.4) is 0 Å². The van der Waals surface area contributed by atoms with Gasteiger partial charge in [-0.05, 0) is 45.6 Å². The van der Waals surface area contributed by atoms with E-state index in [0.29, 0.717) is 24.9 Å². The molecule has 0 bridgehead atoms. The summed E-state index contributed by atoms with van der Waals surface area (Å²) in [5.41, 5.74) is 0.723. The number of carbonyl (C=O) groups excluding carboxylic acids is 1. The molecule has 0 spiro atoms. The van der Waals surface area contributed by atoms with Gasteiger partial charge < -0.3 is 14.6 Å². The van der Waals surface area contributed by atoms with Gasteiger partial charge in [0, 0.05) is 23.0 Å². The monoisotopic (exact) mass is 335 g/mol. The second-order valence-electron chi connectivity index (χ2n) is 5.91. The van der Waals surface area contributed by atoms with Crippen LogP contribution in [0.15, 0.2) is 10.6 Å². The maximum Gasteiger partial charge on any atom is 0.253 e. The minimum absolute atomic E-state index is 0.0841. The summed E-state index contributed by atoms with van der Waals surface area (Å²) >= 11 is 1.63. The molecule has 1 aliphatic heterocycles. The van der Waals surface area contributed by atoms with E-state index in [2.05, 4.69) is 15.5 Å². The van der Waals surface area contributed by atoms with E-state index in [1.165, 1.54) is 0 Å². The van der Waals surface area contributed by atoms with Gasteiger partial charge in [-0.3, -0.25) is 4.79 Å². The van der Waals surface area contributed by atoms with Crippen molar-refractivity contribution in [3.63, 3.8) is 0 Å². The summed E-state index contributed by atoms with van der Waals surface area (Å²) in [6, 6.07) is 1.65. The number of aromatic nitrogens is 2. The molecule has 1 aliphatic rings. The molecule has 3 rings (SSSR count). The number of hydrogen-bond acceptors (Lipinski definition) is 6. The van der Waals surface area contributed by atoms with Crippen LogP contribution in [0.1, 0.15) is 50.7 Å². The summed E-state index contributed by atoms with van der Waals surface area (Å²) in [7, 11) is 0. The molecular formula is C16H21N3O3S. The van der Waals surface area contributed by atoms with Gasteiger partial charge in [-0.1, -0.05) is 5.16 Å². The number of amides is 1. The van der Waals surface area contributed by atoms with Crippen molar-refractivity contribution in [3.05, 3.63) is 33.1 Å². The van der Waals surface area contributed by atoms with Crippen LogP contribution < -0.4 is 5.32 Å².